The molecule has 2 aromatic heterocycles. The third-order valence-corrected chi connectivity index (χ3v) is 4.50. The predicted molar refractivity (Wildman–Crippen MR) is 109 cm³/mol. The summed E-state index contributed by atoms with van der Waals surface area (Å²) in [4.78, 5) is 11.8. The van der Waals surface area contributed by atoms with Crippen molar-refractivity contribution in [2.45, 2.75) is 6.61 Å². The van der Waals surface area contributed by atoms with Crippen molar-refractivity contribution in [3.8, 4) is 40.2 Å². The molecule has 0 radical (unpaired) electrons. The number of hydrogen-bond acceptors (Lipinski definition) is 5. The first-order chi connectivity index (χ1) is 14.7. The summed E-state index contributed by atoms with van der Waals surface area (Å²) in [7, 11) is 1.57. The molecule has 0 unspecified atom stereocenters. The van der Waals surface area contributed by atoms with Crippen LogP contribution >= 0.6 is 0 Å². The summed E-state index contributed by atoms with van der Waals surface area (Å²) in [5.41, 5.74) is 3.67. The van der Waals surface area contributed by atoms with Gasteiger partial charge in [-0.25, -0.2) is 9.37 Å². The van der Waals surface area contributed by atoms with E-state index in [4.69, 9.17) is 14.7 Å². The van der Waals surface area contributed by atoms with Crippen LogP contribution in [0.4, 0.5) is 4.39 Å². The van der Waals surface area contributed by atoms with Gasteiger partial charge in [0.1, 0.15) is 24.3 Å². The number of nitrogens with one attached hydrogen (secondary N) is 1. The zero-order chi connectivity index (χ0) is 20.9. The van der Waals surface area contributed by atoms with Gasteiger partial charge in [-0.2, -0.15) is 5.26 Å². The van der Waals surface area contributed by atoms with Gasteiger partial charge in [0, 0.05) is 17.3 Å². The molecule has 4 rings (SSSR count). The van der Waals surface area contributed by atoms with Crippen LogP contribution < -0.4 is 9.47 Å². The number of benzene rings is 2. The first-order valence-corrected chi connectivity index (χ1v) is 9.13. The molecule has 6 nitrogen and oxygen atoms in total. The van der Waals surface area contributed by atoms with E-state index in [0.29, 0.717) is 28.6 Å². The highest BCUT2D eigenvalue weighted by molar-refractivity contribution is 5.67. The molecule has 2 heterocycles. The van der Waals surface area contributed by atoms with E-state index in [0.717, 1.165) is 16.8 Å². The largest absolute Gasteiger partial charge is 0.493 e. The highest BCUT2D eigenvalue weighted by Gasteiger charge is 2.11. The predicted octanol–water partition coefficient (Wildman–Crippen LogP) is 4.74. The second-order valence-corrected chi connectivity index (χ2v) is 6.46. The third-order valence-electron chi connectivity index (χ3n) is 4.50. The first-order valence-electron chi connectivity index (χ1n) is 9.13. The van der Waals surface area contributed by atoms with Crippen molar-refractivity contribution < 1.29 is 13.9 Å². The molecule has 2 aromatic carbocycles. The lowest BCUT2D eigenvalue weighted by Crippen LogP contribution is -2.00. The van der Waals surface area contributed by atoms with Crippen molar-refractivity contribution in [2.24, 2.45) is 0 Å². The van der Waals surface area contributed by atoms with Gasteiger partial charge in [-0.3, -0.25) is 4.98 Å². The highest BCUT2D eigenvalue weighted by atomic mass is 19.1. The van der Waals surface area contributed by atoms with Crippen LogP contribution in [0.15, 0.2) is 67.0 Å². The topological polar surface area (TPSA) is 83.8 Å². The Morgan fingerprint density at radius 1 is 0.967 bits per heavy atom. The standard InChI is InChI=1S/C23H17FN4O2/c1-29-22-10-17(20-13-27-23(28-20)16-3-6-18(24)7-4-16)5-9-21(22)30-14-19-8-2-15(11-25)12-26-19/h2-10,12-13H,14H2,1H3,(H,27,28). The van der Waals surface area contributed by atoms with Crippen LogP contribution in [0.2, 0.25) is 0 Å². The van der Waals surface area contributed by atoms with E-state index in [1.165, 1.54) is 18.3 Å². The van der Waals surface area contributed by atoms with Gasteiger partial charge in [0.05, 0.1) is 30.3 Å². The fourth-order valence-corrected chi connectivity index (χ4v) is 2.90. The summed E-state index contributed by atoms with van der Waals surface area (Å²) >= 11 is 0. The maximum atomic E-state index is 13.1. The van der Waals surface area contributed by atoms with Crippen LogP contribution in [0.25, 0.3) is 22.6 Å². The van der Waals surface area contributed by atoms with E-state index in [1.54, 1.807) is 37.6 Å². The molecule has 0 saturated heterocycles. The lowest BCUT2D eigenvalue weighted by atomic mass is 10.1. The number of imidazole rings is 1. The van der Waals surface area contributed by atoms with E-state index in [9.17, 15) is 4.39 Å². The van der Waals surface area contributed by atoms with E-state index in [2.05, 4.69) is 15.0 Å². The van der Waals surface area contributed by atoms with Crippen LogP contribution in [0, 0.1) is 17.1 Å². The van der Waals surface area contributed by atoms with Crippen molar-refractivity contribution in [3.05, 3.63) is 84.1 Å². The molecule has 0 amide bonds. The Morgan fingerprint density at radius 2 is 1.77 bits per heavy atom. The lowest BCUT2D eigenvalue weighted by molar-refractivity contribution is 0.281. The van der Waals surface area contributed by atoms with E-state index in [1.807, 2.05) is 24.3 Å². The van der Waals surface area contributed by atoms with Crippen molar-refractivity contribution in [1.29, 1.82) is 5.26 Å². The average Bonchev–Trinajstić information content (AvgIpc) is 3.28. The maximum Gasteiger partial charge on any atom is 0.161 e. The molecule has 30 heavy (non-hydrogen) atoms. The summed E-state index contributed by atoms with van der Waals surface area (Å²) in [6.07, 6.45) is 3.23. The molecular formula is C23H17FN4O2. The Kier molecular flexibility index (Phi) is 5.39. The van der Waals surface area contributed by atoms with E-state index >= 15 is 0 Å². The summed E-state index contributed by atoms with van der Waals surface area (Å²) in [6.45, 7) is 0.250. The molecule has 0 aliphatic heterocycles. The van der Waals surface area contributed by atoms with Gasteiger partial charge >= 0.3 is 0 Å². The molecule has 7 heteroatoms. The zero-order valence-electron chi connectivity index (χ0n) is 16.1. The molecule has 0 saturated carbocycles. The van der Waals surface area contributed by atoms with Gasteiger partial charge in [0.15, 0.2) is 11.5 Å². The normalized spacial score (nSPS) is 10.4. The van der Waals surface area contributed by atoms with Crippen molar-refractivity contribution in [2.75, 3.05) is 7.11 Å². The molecule has 0 atom stereocenters. The van der Waals surface area contributed by atoms with E-state index in [-0.39, 0.29) is 12.4 Å². The molecule has 4 aromatic rings. The van der Waals surface area contributed by atoms with Crippen LogP contribution in [0.3, 0.4) is 0 Å². The third kappa shape index (κ3) is 4.13. The fourth-order valence-electron chi connectivity index (χ4n) is 2.90. The molecule has 1 N–H and O–H groups in total. The van der Waals surface area contributed by atoms with Crippen LogP contribution in [-0.2, 0) is 6.61 Å². The Labute approximate surface area is 172 Å². The van der Waals surface area contributed by atoms with Crippen molar-refractivity contribution >= 4 is 0 Å². The Hall–Kier alpha value is -4.18. The van der Waals surface area contributed by atoms with Crippen LogP contribution in [0.5, 0.6) is 11.5 Å². The SMILES string of the molecule is COc1cc(-c2cnc(-c3ccc(F)cc3)[nH]2)ccc1OCc1ccc(C#N)cn1. The Morgan fingerprint density at radius 3 is 2.47 bits per heavy atom. The minimum Gasteiger partial charge on any atom is -0.493 e. The number of nitriles is 1. The van der Waals surface area contributed by atoms with Gasteiger partial charge in [0.25, 0.3) is 0 Å². The molecule has 148 valence electrons. The zero-order valence-corrected chi connectivity index (χ0v) is 16.1. The number of halogens is 1. The average molecular weight is 400 g/mol. The fraction of sp³-hybridized carbons (Fsp3) is 0.0870. The number of hydrogen-bond donors (Lipinski definition) is 1. The maximum absolute atomic E-state index is 13.1. The molecular weight excluding hydrogens is 383 g/mol. The second kappa shape index (κ2) is 8.45. The van der Waals surface area contributed by atoms with Gasteiger partial charge in [-0.1, -0.05) is 0 Å². The van der Waals surface area contributed by atoms with Gasteiger partial charge in [-0.05, 0) is 54.6 Å². The van der Waals surface area contributed by atoms with E-state index < -0.39 is 0 Å². The smallest absolute Gasteiger partial charge is 0.161 e. The quantitative estimate of drug-likeness (QED) is 0.506. The van der Waals surface area contributed by atoms with Crippen molar-refractivity contribution in [1.82, 2.24) is 15.0 Å². The van der Waals surface area contributed by atoms with Gasteiger partial charge < -0.3 is 14.5 Å². The minimum absolute atomic E-state index is 0.250. The number of H-pyrrole nitrogens is 1. The first kappa shape index (κ1) is 19.2. The monoisotopic (exact) mass is 400 g/mol. The summed E-state index contributed by atoms with van der Waals surface area (Å²) in [6, 6.07) is 17.2. The number of aromatic nitrogens is 3. The second-order valence-electron chi connectivity index (χ2n) is 6.46. The Bertz CT molecular complexity index is 1200. The highest BCUT2D eigenvalue weighted by Crippen LogP contribution is 2.33. The Balaban J connectivity index is 1.52. The number of rotatable bonds is 6. The van der Waals surface area contributed by atoms with Crippen LogP contribution in [-0.4, -0.2) is 22.1 Å². The van der Waals surface area contributed by atoms with Gasteiger partial charge in [0.2, 0.25) is 0 Å². The summed E-state index contributed by atoms with van der Waals surface area (Å²) in [5.74, 6) is 1.50. The molecule has 0 aliphatic carbocycles. The summed E-state index contributed by atoms with van der Waals surface area (Å²) in [5, 5.41) is 8.84. The molecule has 0 fully saturated rings. The molecule has 0 aliphatic rings. The van der Waals surface area contributed by atoms with Crippen molar-refractivity contribution in [3.63, 3.8) is 0 Å². The number of pyridine rings is 1. The number of nitrogens with zero attached hydrogens (tertiary/aromatic N) is 3. The lowest BCUT2D eigenvalue weighted by Gasteiger charge is -2.11. The number of aromatic amines is 1. The number of ether oxygens (including phenoxy) is 2. The molecule has 0 spiro atoms. The van der Waals surface area contributed by atoms with Gasteiger partial charge in [-0.15, -0.1) is 0 Å². The summed E-state index contributed by atoms with van der Waals surface area (Å²) < 4.78 is 24.4. The van der Waals surface area contributed by atoms with Crippen LogP contribution in [0.1, 0.15) is 11.3 Å². The minimum atomic E-state index is -0.290. The molecule has 0 bridgehead atoms. The number of methoxy groups -OCH3 is 1.